The number of hydrogen-bond donors (Lipinski definition) is 2. The molecule has 0 spiro atoms. The molecule has 0 saturated heterocycles. The van der Waals surface area contributed by atoms with Crippen molar-refractivity contribution in [1.29, 1.82) is 0 Å². The molecular weight excluding hydrogens is 538 g/mol. The molecule has 0 bridgehead atoms. The zero-order chi connectivity index (χ0) is 24.9. The Bertz CT molecular complexity index is 1550. The Morgan fingerprint density at radius 3 is 2.58 bits per heavy atom. The van der Waals surface area contributed by atoms with E-state index in [0.29, 0.717) is 40.6 Å². The predicted octanol–water partition coefficient (Wildman–Crippen LogP) is 6.96. The van der Waals surface area contributed by atoms with Crippen LogP contribution < -0.4 is 15.4 Å². The van der Waals surface area contributed by atoms with Gasteiger partial charge < -0.3 is 14.5 Å². The summed E-state index contributed by atoms with van der Waals surface area (Å²) in [5, 5.41) is 5.91. The number of nitrogens with one attached hydrogen (secondary N) is 2. The van der Waals surface area contributed by atoms with Crippen LogP contribution in [0.5, 0.6) is 5.75 Å². The van der Waals surface area contributed by atoms with E-state index in [2.05, 4.69) is 31.5 Å². The van der Waals surface area contributed by atoms with Crippen molar-refractivity contribution in [2.45, 2.75) is 6.61 Å². The molecule has 0 saturated carbocycles. The van der Waals surface area contributed by atoms with E-state index < -0.39 is 0 Å². The second kappa shape index (κ2) is 10.7. The number of rotatable bonds is 6. The van der Waals surface area contributed by atoms with Gasteiger partial charge in [0.1, 0.15) is 17.9 Å². The third kappa shape index (κ3) is 5.62. The number of hydrogen-bond acceptors (Lipinski definition) is 5. The molecule has 8 heteroatoms. The Labute approximate surface area is 221 Å². The van der Waals surface area contributed by atoms with Crippen LogP contribution >= 0.6 is 28.1 Å². The van der Waals surface area contributed by atoms with Crippen molar-refractivity contribution < 1.29 is 13.9 Å². The highest BCUT2D eigenvalue weighted by atomic mass is 79.9. The van der Waals surface area contributed by atoms with Gasteiger partial charge in [-0.2, -0.15) is 0 Å². The number of fused-ring (bicyclic) bond motifs is 1. The van der Waals surface area contributed by atoms with E-state index >= 15 is 0 Å². The zero-order valence-electron chi connectivity index (χ0n) is 18.9. The molecule has 6 nitrogen and oxygen atoms in total. The minimum Gasteiger partial charge on any atom is -0.489 e. The number of thiocarbonyl (C=S) groups is 1. The maximum Gasteiger partial charge on any atom is 0.257 e. The van der Waals surface area contributed by atoms with Gasteiger partial charge in [0.2, 0.25) is 5.89 Å². The van der Waals surface area contributed by atoms with Gasteiger partial charge in [-0.05, 0) is 82.2 Å². The van der Waals surface area contributed by atoms with E-state index in [1.165, 1.54) is 0 Å². The number of carbonyl (C=O) groups excluding carboxylic acids is 1. The summed E-state index contributed by atoms with van der Waals surface area (Å²) in [7, 11) is 0. The smallest absolute Gasteiger partial charge is 0.257 e. The second-order valence-corrected chi connectivity index (χ2v) is 9.15. The SMILES string of the molecule is O=C(NC(=S)Nc1ccc2oc(-c3ccccc3Br)nc2c1)c1cccc(OCc2ccccc2)c1. The summed E-state index contributed by atoms with van der Waals surface area (Å²) < 4.78 is 12.6. The standard InChI is InChI=1S/C28H20BrN3O3S/c29-23-12-5-4-11-22(23)27-31-24-16-20(13-14-25(24)35-27)30-28(36)32-26(33)19-9-6-10-21(15-19)34-17-18-7-2-1-3-8-18/h1-16H,17H2,(H2,30,32,33,36). The topological polar surface area (TPSA) is 76.4 Å². The first-order valence-electron chi connectivity index (χ1n) is 11.1. The maximum atomic E-state index is 12.8. The highest BCUT2D eigenvalue weighted by molar-refractivity contribution is 9.10. The Morgan fingerprint density at radius 2 is 1.75 bits per heavy atom. The summed E-state index contributed by atoms with van der Waals surface area (Å²) in [6, 6.07) is 30.0. The van der Waals surface area contributed by atoms with Crippen LogP contribution in [-0.2, 0) is 6.61 Å². The molecule has 0 aliphatic carbocycles. The first-order chi connectivity index (χ1) is 17.5. The summed E-state index contributed by atoms with van der Waals surface area (Å²) >= 11 is 8.88. The molecule has 1 heterocycles. The fourth-order valence-electron chi connectivity index (χ4n) is 3.56. The second-order valence-electron chi connectivity index (χ2n) is 7.89. The normalized spacial score (nSPS) is 10.7. The van der Waals surface area contributed by atoms with Crippen molar-refractivity contribution in [2.24, 2.45) is 0 Å². The fraction of sp³-hybridized carbons (Fsp3) is 0.0357. The van der Waals surface area contributed by atoms with E-state index in [1.54, 1.807) is 18.2 Å². The van der Waals surface area contributed by atoms with Crippen LogP contribution in [0.3, 0.4) is 0 Å². The van der Waals surface area contributed by atoms with Crippen LogP contribution in [-0.4, -0.2) is 16.0 Å². The minimum absolute atomic E-state index is 0.171. The van der Waals surface area contributed by atoms with Gasteiger partial charge in [-0.3, -0.25) is 10.1 Å². The predicted molar refractivity (Wildman–Crippen MR) is 148 cm³/mol. The lowest BCUT2D eigenvalue weighted by Crippen LogP contribution is -2.34. The average molecular weight is 558 g/mol. The molecule has 5 aromatic rings. The van der Waals surface area contributed by atoms with Crippen LogP contribution in [0.2, 0.25) is 0 Å². The molecule has 1 amide bonds. The lowest BCUT2D eigenvalue weighted by Gasteiger charge is -2.11. The Morgan fingerprint density at radius 1 is 0.944 bits per heavy atom. The van der Waals surface area contributed by atoms with Crippen molar-refractivity contribution >= 4 is 56.0 Å². The Balaban J connectivity index is 1.23. The van der Waals surface area contributed by atoms with E-state index in [4.69, 9.17) is 21.4 Å². The molecular formula is C28H20BrN3O3S. The number of amides is 1. The van der Waals surface area contributed by atoms with E-state index in [1.807, 2.05) is 78.9 Å². The molecule has 4 aromatic carbocycles. The van der Waals surface area contributed by atoms with Crippen molar-refractivity contribution in [1.82, 2.24) is 10.3 Å². The highest BCUT2D eigenvalue weighted by Crippen LogP contribution is 2.31. The molecule has 1 aromatic heterocycles. The number of nitrogens with zero attached hydrogens (tertiary/aromatic N) is 1. The maximum absolute atomic E-state index is 12.8. The fourth-order valence-corrected chi connectivity index (χ4v) is 4.23. The van der Waals surface area contributed by atoms with Gasteiger partial charge in [-0.1, -0.05) is 48.5 Å². The van der Waals surface area contributed by atoms with Gasteiger partial charge in [-0.15, -0.1) is 0 Å². The third-order valence-corrected chi connectivity index (χ3v) is 6.22. The molecule has 0 aliphatic rings. The van der Waals surface area contributed by atoms with Gasteiger partial charge in [0.25, 0.3) is 5.91 Å². The summed E-state index contributed by atoms with van der Waals surface area (Å²) in [5.41, 5.74) is 4.34. The minimum atomic E-state index is -0.337. The van der Waals surface area contributed by atoms with Crippen molar-refractivity contribution in [3.05, 3.63) is 113 Å². The zero-order valence-corrected chi connectivity index (χ0v) is 21.3. The molecule has 36 heavy (non-hydrogen) atoms. The molecule has 0 radical (unpaired) electrons. The third-order valence-electron chi connectivity index (χ3n) is 5.32. The summed E-state index contributed by atoms with van der Waals surface area (Å²) in [6.45, 7) is 0.416. The monoisotopic (exact) mass is 557 g/mol. The number of anilines is 1. The molecule has 0 aliphatic heterocycles. The average Bonchev–Trinajstić information content (AvgIpc) is 3.31. The number of benzene rings is 4. The van der Waals surface area contributed by atoms with Crippen molar-refractivity contribution in [3.63, 3.8) is 0 Å². The van der Waals surface area contributed by atoms with Gasteiger partial charge in [0.05, 0.1) is 5.56 Å². The molecule has 178 valence electrons. The van der Waals surface area contributed by atoms with Crippen LogP contribution in [0.1, 0.15) is 15.9 Å². The van der Waals surface area contributed by atoms with Gasteiger partial charge in [0.15, 0.2) is 10.7 Å². The summed E-state index contributed by atoms with van der Waals surface area (Å²) in [6.07, 6.45) is 0. The van der Waals surface area contributed by atoms with Gasteiger partial charge in [0, 0.05) is 15.7 Å². The van der Waals surface area contributed by atoms with Crippen molar-refractivity contribution in [3.8, 4) is 17.2 Å². The molecule has 0 unspecified atom stereocenters. The Kier molecular flexibility index (Phi) is 7.06. The first kappa shape index (κ1) is 23.7. The quantitative estimate of drug-likeness (QED) is 0.220. The van der Waals surface area contributed by atoms with Crippen LogP contribution in [0.15, 0.2) is 106 Å². The van der Waals surface area contributed by atoms with Crippen molar-refractivity contribution in [2.75, 3.05) is 5.32 Å². The molecule has 0 atom stereocenters. The molecule has 5 rings (SSSR count). The van der Waals surface area contributed by atoms with E-state index in [0.717, 1.165) is 15.6 Å². The van der Waals surface area contributed by atoms with Gasteiger partial charge in [-0.25, -0.2) is 4.98 Å². The number of carbonyl (C=O) groups is 1. The first-order valence-corrected chi connectivity index (χ1v) is 12.3. The lowest BCUT2D eigenvalue weighted by atomic mass is 10.2. The summed E-state index contributed by atoms with van der Waals surface area (Å²) in [5.74, 6) is 0.777. The lowest BCUT2D eigenvalue weighted by molar-refractivity contribution is 0.0977. The van der Waals surface area contributed by atoms with Crippen LogP contribution in [0.25, 0.3) is 22.6 Å². The number of halogens is 1. The largest absolute Gasteiger partial charge is 0.489 e. The van der Waals surface area contributed by atoms with Crippen LogP contribution in [0.4, 0.5) is 5.69 Å². The number of oxazole rings is 1. The van der Waals surface area contributed by atoms with E-state index in [-0.39, 0.29) is 11.0 Å². The van der Waals surface area contributed by atoms with E-state index in [9.17, 15) is 4.79 Å². The molecule has 2 N–H and O–H groups in total. The molecule has 0 fully saturated rings. The number of aromatic nitrogens is 1. The highest BCUT2D eigenvalue weighted by Gasteiger charge is 2.13. The van der Waals surface area contributed by atoms with Crippen LogP contribution in [0, 0.1) is 0 Å². The van der Waals surface area contributed by atoms with Gasteiger partial charge >= 0.3 is 0 Å². The summed E-state index contributed by atoms with van der Waals surface area (Å²) in [4.78, 5) is 17.3. The Hall–Kier alpha value is -4.01. The number of ether oxygens (including phenoxy) is 1.